The summed E-state index contributed by atoms with van der Waals surface area (Å²) in [5.74, 6) is -0.326. The Balaban J connectivity index is 1.20. The van der Waals surface area contributed by atoms with Crippen LogP contribution >= 0.6 is 11.3 Å². The van der Waals surface area contributed by atoms with Crippen LogP contribution in [0.5, 0.6) is 0 Å². The summed E-state index contributed by atoms with van der Waals surface area (Å²) < 4.78 is 0. The lowest BCUT2D eigenvalue weighted by molar-refractivity contribution is -0.117. The van der Waals surface area contributed by atoms with Crippen LogP contribution in [0.25, 0.3) is 0 Å². The minimum absolute atomic E-state index is 0.0325. The van der Waals surface area contributed by atoms with Gasteiger partial charge in [0.05, 0.1) is 11.4 Å². The number of hydrogen-bond donors (Lipinski definition) is 3. The average molecular weight is 463 g/mol. The first-order valence-electron chi connectivity index (χ1n) is 10.9. The number of anilines is 2. The number of carbonyl (C=O) groups is 3. The highest BCUT2D eigenvalue weighted by molar-refractivity contribution is 7.12. The highest BCUT2D eigenvalue weighted by Crippen LogP contribution is 2.16. The molecule has 1 aliphatic rings. The molecule has 8 heteroatoms. The molecule has 33 heavy (non-hydrogen) atoms. The number of thiophene rings is 1. The SMILES string of the molecule is O=C(CN1CCC(NC(=O)c2ccc(NC(=O)c3cccs3)cc2)CC1)Nc1ccccc1. The highest BCUT2D eigenvalue weighted by Gasteiger charge is 2.22. The van der Waals surface area contributed by atoms with Gasteiger partial charge < -0.3 is 16.0 Å². The molecule has 0 radical (unpaired) electrons. The van der Waals surface area contributed by atoms with Crippen molar-refractivity contribution in [2.45, 2.75) is 18.9 Å². The summed E-state index contributed by atoms with van der Waals surface area (Å²) in [5, 5.41) is 10.7. The van der Waals surface area contributed by atoms with Crippen LogP contribution in [0.15, 0.2) is 72.1 Å². The summed E-state index contributed by atoms with van der Waals surface area (Å²) in [6.07, 6.45) is 1.58. The minimum Gasteiger partial charge on any atom is -0.349 e. The average Bonchev–Trinajstić information content (AvgIpc) is 3.37. The van der Waals surface area contributed by atoms with E-state index in [0.717, 1.165) is 31.6 Å². The number of para-hydroxylation sites is 1. The fourth-order valence-electron chi connectivity index (χ4n) is 3.73. The monoisotopic (exact) mass is 462 g/mol. The summed E-state index contributed by atoms with van der Waals surface area (Å²) in [4.78, 5) is 39.7. The summed E-state index contributed by atoms with van der Waals surface area (Å²) in [7, 11) is 0. The molecule has 2 aromatic carbocycles. The zero-order chi connectivity index (χ0) is 23.0. The van der Waals surface area contributed by atoms with E-state index in [0.29, 0.717) is 22.7 Å². The Labute approximate surface area is 196 Å². The molecule has 170 valence electrons. The molecule has 3 amide bonds. The Kier molecular flexibility index (Phi) is 7.49. The van der Waals surface area contributed by atoms with Crippen molar-refractivity contribution in [3.05, 3.63) is 82.6 Å². The van der Waals surface area contributed by atoms with Crippen molar-refractivity contribution in [2.75, 3.05) is 30.3 Å². The van der Waals surface area contributed by atoms with Gasteiger partial charge in [0.1, 0.15) is 0 Å². The second-order valence-corrected chi connectivity index (χ2v) is 8.89. The van der Waals surface area contributed by atoms with E-state index in [1.165, 1.54) is 11.3 Å². The molecule has 4 rings (SSSR count). The van der Waals surface area contributed by atoms with Gasteiger partial charge in [0.15, 0.2) is 0 Å². The van der Waals surface area contributed by atoms with E-state index < -0.39 is 0 Å². The van der Waals surface area contributed by atoms with Gasteiger partial charge in [-0.05, 0) is 60.7 Å². The van der Waals surface area contributed by atoms with Crippen LogP contribution in [-0.2, 0) is 4.79 Å². The van der Waals surface area contributed by atoms with Crippen molar-refractivity contribution in [1.82, 2.24) is 10.2 Å². The molecule has 0 saturated carbocycles. The van der Waals surface area contributed by atoms with E-state index in [4.69, 9.17) is 0 Å². The van der Waals surface area contributed by atoms with Crippen LogP contribution < -0.4 is 16.0 Å². The fourth-order valence-corrected chi connectivity index (χ4v) is 4.35. The first-order chi connectivity index (χ1) is 16.1. The van der Waals surface area contributed by atoms with Crippen molar-refractivity contribution in [3.63, 3.8) is 0 Å². The smallest absolute Gasteiger partial charge is 0.265 e. The zero-order valence-corrected chi connectivity index (χ0v) is 18.9. The van der Waals surface area contributed by atoms with E-state index in [1.54, 1.807) is 30.3 Å². The lowest BCUT2D eigenvalue weighted by Crippen LogP contribution is -2.46. The maximum Gasteiger partial charge on any atom is 0.265 e. The molecular weight excluding hydrogens is 436 g/mol. The van der Waals surface area contributed by atoms with E-state index >= 15 is 0 Å². The molecule has 0 unspecified atom stereocenters. The van der Waals surface area contributed by atoms with Crippen molar-refractivity contribution < 1.29 is 14.4 Å². The predicted octanol–water partition coefficient (Wildman–Crippen LogP) is 3.83. The van der Waals surface area contributed by atoms with Crippen molar-refractivity contribution in [2.24, 2.45) is 0 Å². The molecule has 3 aromatic rings. The number of likely N-dealkylation sites (tertiary alicyclic amines) is 1. The Morgan fingerprint density at radius 1 is 0.818 bits per heavy atom. The number of nitrogens with one attached hydrogen (secondary N) is 3. The van der Waals surface area contributed by atoms with E-state index in [9.17, 15) is 14.4 Å². The standard InChI is InChI=1S/C25H26N4O3S/c30-23(26-19-5-2-1-3-6-19)17-29-14-12-21(13-15-29)27-24(31)18-8-10-20(11-9-18)28-25(32)22-7-4-16-33-22/h1-11,16,21H,12-15,17H2,(H,26,30)(H,27,31)(H,28,32). The first-order valence-corrected chi connectivity index (χ1v) is 11.8. The predicted molar refractivity (Wildman–Crippen MR) is 131 cm³/mol. The number of carbonyl (C=O) groups excluding carboxylic acids is 3. The third-order valence-electron chi connectivity index (χ3n) is 5.50. The number of piperidine rings is 1. The third-order valence-corrected chi connectivity index (χ3v) is 6.37. The maximum absolute atomic E-state index is 12.6. The molecular formula is C25H26N4O3S. The highest BCUT2D eigenvalue weighted by atomic mass is 32.1. The normalized spacial score (nSPS) is 14.4. The van der Waals surface area contributed by atoms with Crippen LogP contribution in [0.3, 0.4) is 0 Å². The second-order valence-electron chi connectivity index (χ2n) is 7.95. The van der Waals surface area contributed by atoms with Crippen LogP contribution in [0.4, 0.5) is 11.4 Å². The lowest BCUT2D eigenvalue weighted by atomic mass is 10.0. The Hall–Kier alpha value is -3.49. The molecule has 1 aromatic heterocycles. The number of rotatable bonds is 7. The largest absolute Gasteiger partial charge is 0.349 e. The van der Waals surface area contributed by atoms with Gasteiger partial charge in [0.2, 0.25) is 5.91 Å². The summed E-state index contributed by atoms with van der Waals surface area (Å²) in [6, 6.07) is 20.0. The van der Waals surface area contributed by atoms with Crippen LogP contribution in [-0.4, -0.2) is 48.3 Å². The molecule has 2 heterocycles. The van der Waals surface area contributed by atoms with Gasteiger partial charge >= 0.3 is 0 Å². The maximum atomic E-state index is 12.6. The Morgan fingerprint density at radius 3 is 2.18 bits per heavy atom. The topological polar surface area (TPSA) is 90.5 Å². The number of nitrogens with zero attached hydrogens (tertiary/aromatic N) is 1. The van der Waals surface area contributed by atoms with E-state index in [1.807, 2.05) is 41.8 Å². The van der Waals surface area contributed by atoms with Gasteiger partial charge in [0.25, 0.3) is 11.8 Å². The molecule has 1 aliphatic heterocycles. The van der Waals surface area contributed by atoms with Gasteiger partial charge in [-0.1, -0.05) is 24.3 Å². The van der Waals surface area contributed by atoms with Crippen molar-refractivity contribution in [1.29, 1.82) is 0 Å². The van der Waals surface area contributed by atoms with Gasteiger partial charge in [-0.2, -0.15) is 0 Å². The molecule has 0 atom stereocenters. The number of amides is 3. The lowest BCUT2D eigenvalue weighted by Gasteiger charge is -2.31. The van der Waals surface area contributed by atoms with Crippen LogP contribution in [0.1, 0.15) is 32.9 Å². The van der Waals surface area contributed by atoms with Gasteiger partial charge in [-0.3, -0.25) is 19.3 Å². The summed E-state index contributed by atoms with van der Waals surface area (Å²) >= 11 is 1.38. The third kappa shape index (κ3) is 6.50. The van der Waals surface area contributed by atoms with Gasteiger partial charge in [-0.25, -0.2) is 0 Å². The van der Waals surface area contributed by atoms with Gasteiger partial charge in [0, 0.05) is 36.1 Å². The first kappa shape index (κ1) is 22.7. The number of hydrogen-bond acceptors (Lipinski definition) is 5. The molecule has 0 bridgehead atoms. The summed E-state index contributed by atoms with van der Waals surface area (Å²) in [6.45, 7) is 1.84. The molecule has 7 nitrogen and oxygen atoms in total. The van der Waals surface area contributed by atoms with Crippen molar-refractivity contribution in [3.8, 4) is 0 Å². The van der Waals surface area contributed by atoms with Crippen LogP contribution in [0.2, 0.25) is 0 Å². The molecule has 1 saturated heterocycles. The fraction of sp³-hybridized carbons (Fsp3) is 0.240. The van der Waals surface area contributed by atoms with Crippen molar-refractivity contribution >= 4 is 40.4 Å². The number of benzene rings is 2. The summed E-state index contributed by atoms with van der Waals surface area (Å²) in [5.41, 5.74) is 1.99. The quantitative estimate of drug-likeness (QED) is 0.498. The molecule has 0 aliphatic carbocycles. The van der Waals surface area contributed by atoms with Crippen LogP contribution in [0, 0.1) is 0 Å². The Bertz CT molecular complexity index is 1080. The molecule has 0 spiro atoms. The minimum atomic E-state index is -0.161. The molecule has 3 N–H and O–H groups in total. The second kappa shape index (κ2) is 10.9. The van der Waals surface area contributed by atoms with Gasteiger partial charge in [-0.15, -0.1) is 11.3 Å². The Morgan fingerprint density at radius 2 is 1.52 bits per heavy atom. The zero-order valence-electron chi connectivity index (χ0n) is 18.1. The van der Waals surface area contributed by atoms with E-state index in [-0.39, 0.29) is 23.8 Å². The van der Waals surface area contributed by atoms with E-state index in [2.05, 4.69) is 20.9 Å². The molecule has 1 fully saturated rings.